The summed E-state index contributed by atoms with van der Waals surface area (Å²) in [6.07, 6.45) is 3.36. The monoisotopic (exact) mass is 174 g/mol. The highest BCUT2D eigenvalue weighted by molar-refractivity contribution is 5.67. The number of alkyl halides is 1. The van der Waals surface area contributed by atoms with Crippen molar-refractivity contribution in [3.8, 4) is 0 Å². The van der Waals surface area contributed by atoms with Gasteiger partial charge in [0.1, 0.15) is 6.17 Å². The molecule has 2 unspecified atom stereocenters. The van der Waals surface area contributed by atoms with Gasteiger partial charge in [0.25, 0.3) is 0 Å². The second kappa shape index (κ2) is 4.43. The van der Waals surface area contributed by atoms with Gasteiger partial charge in [0.15, 0.2) is 0 Å². The Morgan fingerprint density at radius 3 is 2.67 bits per heavy atom. The van der Waals surface area contributed by atoms with Gasteiger partial charge in [-0.1, -0.05) is 19.3 Å². The van der Waals surface area contributed by atoms with E-state index < -0.39 is 12.1 Å². The molecule has 1 rings (SSSR count). The summed E-state index contributed by atoms with van der Waals surface area (Å²) in [5, 5.41) is 8.51. The molecular weight excluding hydrogens is 159 g/mol. The summed E-state index contributed by atoms with van der Waals surface area (Å²) >= 11 is 0. The normalized spacial score (nSPS) is 31.1. The van der Waals surface area contributed by atoms with Gasteiger partial charge in [-0.25, -0.2) is 4.39 Å². The average Bonchev–Trinajstić information content (AvgIpc) is 2.16. The maximum atomic E-state index is 13.2. The third-order valence-corrected chi connectivity index (χ3v) is 2.50. The molecule has 0 aromatic heterocycles. The van der Waals surface area contributed by atoms with Gasteiger partial charge in [-0.2, -0.15) is 0 Å². The largest absolute Gasteiger partial charge is 0.481 e. The van der Waals surface area contributed by atoms with E-state index in [1.807, 2.05) is 0 Å². The summed E-state index contributed by atoms with van der Waals surface area (Å²) in [4.78, 5) is 10.4. The third kappa shape index (κ3) is 2.80. The van der Waals surface area contributed by atoms with Crippen molar-refractivity contribution in [2.24, 2.45) is 5.92 Å². The van der Waals surface area contributed by atoms with Crippen LogP contribution in [0.25, 0.3) is 0 Å². The molecule has 0 radical (unpaired) electrons. The highest BCUT2D eigenvalue weighted by Gasteiger charge is 2.24. The molecule has 0 saturated heterocycles. The summed E-state index contributed by atoms with van der Waals surface area (Å²) in [5.41, 5.74) is 0. The zero-order valence-electron chi connectivity index (χ0n) is 7.13. The van der Waals surface area contributed by atoms with E-state index in [-0.39, 0.29) is 12.3 Å². The van der Waals surface area contributed by atoms with Gasteiger partial charge in [0, 0.05) is 5.92 Å². The second-order valence-electron chi connectivity index (χ2n) is 3.51. The molecule has 2 atom stereocenters. The maximum Gasteiger partial charge on any atom is 0.303 e. The zero-order valence-corrected chi connectivity index (χ0v) is 7.13. The van der Waals surface area contributed by atoms with Crippen LogP contribution in [0.3, 0.4) is 0 Å². The molecule has 3 heteroatoms. The molecule has 1 fully saturated rings. The van der Waals surface area contributed by atoms with Gasteiger partial charge in [0.2, 0.25) is 0 Å². The number of carboxylic acids is 1. The lowest BCUT2D eigenvalue weighted by Gasteiger charge is -2.15. The first-order valence-corrected chi connectivity index (χ1v) is 4.56. The highest BCUT2D eigenvalue weighted by atomic mass is 19.1. The summed E-state index contributed by atoms with van der Waals surface area (Å²) in [6.45, 7) is 0. The van der Waals surface area contributed by atoms with Gasteiger partial charge in [-0.15, -0.1) is 0 Å². The van der Waals surface area contributed by atoms with Crippen LogP contribution in [-0.4, -0.2) is 17.2 Å². The van der Waals surface area contributed by atoms with E-state index in [9.17, 15) is 9.18 Å². The topological polar surface area (TPSA) is 37.3 Å². The van der Waals surface area contributed by atoms with Gasteiger partial charge in [0.05, 0.1) is 6.42 Å². The lowest BCUT2D eigenvalue weighted by atomic mass is 9.95. The molecule has 1 saturated carbocycles. The Balaban J connectivity index is 2.41. The first-order chi connectivity index (χ1) is 5.70. The van der Waals surface area contributed by atoms with Crippen molar-refractivity contribution in [1.29, 1.82) is 0 Å². The Labute approximate surface area is 71.8 Å². The second-order valence-corrected chi connectivity index (χ2v) is 3.51. The molecule has 0 aromatic carbocycles. The molecule has 2 nitrogen and oxygen atoms in total. The van der Waals surface area contributed by atoms with Gasteiger partial charge in [-0.3, -0.25) is 4.79 Å². The van der Waals surface area contributed by atoms with E-state index in [1.165, 1.54) is 0 Å². The molecular formula is C9H15FO2. The minimum absolute atomic E-state index is 0.00116. The van der Waals surface area contributed by atoms with Crippen molar-refractivity contribution >= 4 is 5.97 Å². The molecule has 12 heavy (non-hydrogen) atoms. The van der Waals surface area contributed by atoms with Gasteiger partial charge >= 0.3 is 5.97 Å². The molecule has 1 aliphatic carbocycles. The average molecular weight is 174 g/mol. The standard InChI is InChI=1S/C9H15FO2/c10-8-5-3-1-2-4-7(8)6-9(11)12/h7-8H,1-6H2,(H,11,12). The fourth-order valence-electron chi connectivity index (χ4n) is 1.79. The lowest BCUT2D eigenvalue weighted by molar-refractivity contribution is -0.138. The van der Waals surface area contributed by atoms with Crippen molar-refractivity contribution in [3.05, 3.63) is 0 Å². The molecule has 0 aromatic rings. The van der Waals surface area contributed by atoms with Crippen molar-refractivity contribution in [1.82, 2.24) is 0 Å². The number of rotatable bonds is 2. The summed E-state index contributed by atoms with van der Waals surface area (Å²) < 4.78 is 13.2. The third-order valence-electron chi connectivity index (χ3n) is 2.50. The van der Waals surface area contributed by atoms with Crippen molar-refractivity contribution in [2.75, 3.05) is 0 Å². The number of aliphatic carboxylic acids is 1. The van der Waals surface area contributed by atoms with E-state index in [4.69, 9.17) is 5.11 Å². The Hall–Kier alpha value is -0.600. The van der Waals surface area contributed by atoms with Crippen LogP contribution < -0.4 is 0 Å². The van der Waals surface area contributed by atoms with Gasteiger partial charge in [-0.05, 0) is 12.8 Å². The first kappa shape index (κ1) is 9.49. The Kier molecular flexibility index (Phi) is 3.50. The van der Waals surface area contributed by atoms with Crippen LogP contribution in [0.1, 0.15) is 38.5 Å². The molecule has 0 heterocycles. The molecule has 1 aliphatic rings. The summed E-state index contributed by atoms with van der Waals surface area (Å²) in [7, 11) is 0. The van der Waals surface area contributed by atoms with Crippen LogP contribution in [-0.2, 0) is 4.79 Å². The van der Waals surface area contributed by atoms with E-state index in [0.717, 1.165) is 25.7 Å². The van der Waals surface area contributed by atoms with Crippen LogP contribution in [0.4, 0.5) is 4.39 Å². The summed E-state index contributed by atoms with van der Waals surface area (Å²) in [6, 6.07) is 0. The number of carbonyl (C=O) groups is 1. The van der Waals surface area contributed by atoms with Crippen LogP contribution in [0.2, 0.25) is 0 Å². The smallest absolute Gasteiger partial charge is 0.303 e. The lowest BCUT2D eigenvalue weighted by Crippen LogP contribution is -2.17. The highest BCUT2D eigenvalue weighted by Crippen LogP contribution is 2.28. The van der Waals surface area contributed by atoms with Crippen molar-refractivity contribution in [2.45, 2.75) is 44.7 Å². The molecule has 70 valence electrons. The fraction of sp³-hybridized carbons (Fsp3) is 0.889. The maximum absolute atomic E-state index is 13.2. The predicted molar refractivity (Wildman–Crippen MR) is 43.7 cm³/mol. The zero-order chi connectivity index (χ0) is 8.97. The number of hydrogen-bond donors (Lipinski definition) is 1. The minimum atomic E-state index is -0.886. The van der Waals surface area contributed by atoms with Crippen LogP contribution in [0.15, 0.2) is 0 Å². The molecule has 0 aliphatic heterocycles. The summed E-state index contributed by atoms with van der Waals surface area (Å²) in [5.74, 6) is -1.10. The fourth-order valence-corrected chi connectivity index (χ4v) is 1.79. The number of hydrogen-bond acceptors (Lipinski definition) is 1. The Bertz CT molecular complexity index is 159. The van der Waals surface area contributed by atoms with Crippen LogP contribution in [0.5, 0.6) is 0 Å². The number of halogens is 1. The van der Waals surface area contributed by atoms with Gasteiger partial charge < -0.3 is 5.11 Å². The molecule has 0 bridgehead atoms. The molecule has 0 spiro atoms. The predicted octanol–water partition coefficient (Wildman–Crippen LogP) is 2.38. The van der Waals surface area contributed by atoms with E-state index in [0.29, 0.717) is 6.42 Å². The minimum Gasteiger partial charge on any atom is -0.481 e. The quantitative estimate of drug-likeness (QED) is 0.652. The number of carboxylic acid groups (broad SMARTS) is 1. The van der Waals surface area contributed by atoms with E-state index in [1.54, 1.807) is 0 Å². The van der Waals surface area contributed by atoms with E-state index >= 15 is 0 Å². The van der Waals surface area contributed by atoms with Crippen molar-refractivity contribution < 1.29 is 14.3 Å². The SMILES string of the molecule is O=C(O)CC1CCCCCC1F. The molecule has 1 N–H and O–H groups in total. The van der Waals surface area contributed by atoms with E-state index in [2.05, 4.69) is 0 Å². The molecule has 0 amide bonds. The van der Waals surface area contributed by atoms with Crippen molar-refractivity contribution in [3.63, 3.8) is 0 Å². The Morgan fingerprint density at radius 1 is 1.33 bits per heavy atom. The van der Waals surface area contributed by atoms with Crippen LogP contribution >= 0.6 is 0 Å². The Morgan fingerprint density at radius 2 is 2.00 bits per heavy atom. The van der Waals surface area contributed by atoms with Crippen LogP contribution in [0, 0.1) is 5.92 Å². The first-order valence-electron chi connectivity index (χ1n) is 4.56.